The maximum absolute atomic E-state index is 11.9. The van der Waals surface area contributed by atoms with E-state index < -0.39 is 0 Å². The van der Waals surface area contributed by atoms with Crippen molar-refractivity contribution < 1.29 is 4.79 Å². The van der Waals surface area contributed by atoms with Gasteiger partial charge in [0.15, 0.2) is 0 Å². The molecule has 1 amide bonds. The first kappa shape index (κ1) is 11.1. The van der Waals surface area contributed by atoms with Crippen LogP contribution < -0.4 is 11.1 Å². The molecular formula is C13H18N2O. The minimum Gasteiger partial charge on any atom is -0.326 e. The van der Waals surface area contributed by atoms with Gasteiger partial charge in [0.05, 0.1) is 0 Å². The smallest absolute Gasteiger partial charge is 0.227 e. The molecule has 0 aliphatic heterocycles. The molecule has 3 heteroatoms. The molecule has 0 atom stereocenters. The lowest BCUT2D eigenvalue weighted by Crippen LogP contribution is -2.20. The van der Waals surface area contributed by atoms with Crippen molar-refractivity contribution in [2.75, 3.05) is 5.32 Å². The molecule has 0 radical (unpaired) electrons. The predicted molar refractivity (Wildman–Crippen MR) is 64.9 cm³/mol. The molecule has 1 aliphatic rings. The van der Waals surface area contributed by atoms with Gasteiger partial charge in [-0.2, -0.15) is 0 Å². The van der Waals surface area contributed by atoms with Gasteiger partial charge >= 0.3 is 0 Å². The summed E-state index contributed by atoms with van der Waals surface area (Å²) in [5.41, 5.74) is 7.47. The molecule has 1 aliphatic carbocycles. The van der Waals surface area contributed by atoms with Gasteiger partial charge in [0.1, 0.15) is 0 Å². The summed E-state index contributed by atoms with van der Waals surface area (Å²) in [5.74, 6) is 0.369. The van der Waals surface area contributed by atoms with Crippen molar-refractivity contribution in [3.8, 4) is 0 Å². The summed E-state index contributed by atoms with van der Waals surface area (Å²) in [6.45, 7) is 0.507. The molecule has 1 aromatic rings. The summed E-state index contributed by atoms with van der Waals surface area (Å²) in [6.07, 6.45) is 4.42. The molecule has 3 N–H and O–H groups in total. The Bertz CT molecular complexity index is 370. The average Bonchev–Trinajstić information content (AvgIpc) is 2.83. The molecule has 16 heavy (non-hydrogen) atoms. The van der Waals surface area contributed by atoms with Crippen molar-refractivity contribution in [3.63, 3.8) is 0 Å². The Balaban J connectivity index is 1.99. The molecule has 0 unspecified atom stereocenters. The standard InChI is InChI=1S/C13H18N2O/c14-9-10-4-3-7-12(8-10)15-13(16)11-5-1-2-6-11/h3-4,7-8,11H,1-2,5-6,9,14H2,(H,15,16). The number of nitrogens with two attached hydrogens (primary N) is 1. The average molecular weight is 218 g/mol. The van der Waals surface area contributed by atoms with E-state index >= 15 is 0 Å². The number of nitrogens with one attached hydrogen (secondary N) is 1. The Hall–Kier alpha value is -1.35. The van der Waals surface area contributed by atoms with E-state index in [9.17, 15) is 4.79 Å². The molecule has 0 aromatic heterocycles. The Morgan fingerprint density at radius 3 is 2.81 bits per heavy atom. The maximum atomic E-state index is 11.9. The van der Waals surface area contributed by atoms with Crippen LogP contribution in [0.2, 0.25) is 0 Å². The highest BCUT2D eigenvalue weighted by atomic mass is 16.1. The first-order valence-corrected chi connectivity index (χ1v) is 5.89. The zero-order valence-electron chi connectivity index (χ0n) is 9.41. The Morgan fingerprint density at radius 2 is 2.12 bits per heavy atom. The van der Waals surface area contributed by atoms with Crippen molar-refractivity contribution in [1.29, 1.82) is 0 Å². The highest BCUT2D eigenvalue weighted by Crippen LogP contribution is 2.26. The Morgan fingerprint density at radius 1 is 1.38 bits per heavy atom. The summed E-state index contributed by atoms with van der Waals surface area (Å²) in [6, 6.07) is 7.73. The van der Waals surface area contributed by atoms with Crippen molar-refractivity contribution >= 4 is 11.6 Å². The highest BCUT2D eigenvalue weighted by molar-refractivity contribution is 5.92. The van der Waals surface area contributed by atoms with Crippen LogP contribution in [0.15, 0.2) is 24.3 Å². The first-order valence-electron chi connectivity index (χ1n) is 5.89. The number of hydrogen-bond donors (Lipinski definition) is 2. The van der Waals surface area contributed by atoms with Gasteiger partial charge in [-0.1, -0.05) is 25.0 Å². The van der Waals surface area contributed by atoms with E-state index in [-0.39, 0.29) is 11.8 Å². The lowest BCUT2D eigenvalue weighted by Gasteiger charge is -2.10. The number of carbonyl (C=O) groups excluding carboxylic acids is 1. The third-order valence-corrected chi connectivity index (χ3v) is 3.16. The lowest BCUT2D eigenvalue weighted by molar-refractivity contribution is -0.119. The molecule has 0 bridgehead atoms. The van der Waals surface area contributed by atoms with Crippen LogP contribution >= 0.6 is 0 Å². The van der Waals surface area contributed by atoms with Crippen LogP contribution in [0.25, 0.3) is 0 Å². The minimum atomic E-state index is 0.159. The second-order valence-electron chi connectivity index (χ2n) is 4.38. The van der Waals surface area contributed by atoms with Crippen LogP contribution in [0.3, 0.4) is 0 Å². The van der Waals surface area contributed by atoms with E-state index in [1.807, 2.05) is 24.3 Å². The summed E-state index contributed by atoms with van der Waals surface area (Å²) >= 11 is 0. The van der Waals surface area contributed by atoms with Gasteiger partial charge in [-0.05, 0) is 30.5 Å². The Kier molecular flexibility index (Phi) is 3.57. The largest absolute Gasteiger partial charge is 0.326 e. The highest BCUT2D eigenvalue weighted by Gasteiger charge is 2.22. The second kappa shape index (κ2) is 5.12. The lowest BCUT2D eigenvalue weighted by atomic mass is 10.1. The van der Waals surface area contributed by atoms with E-state index in [1.165, 1.54) is 12.8 Å². The molecule has 1 aromatic carbocycles. The fourth-order valence-corrected chi connectivity index (χ4v) is 2.21. The third kappa shape index (κ3) is 2.61. The predicted octanol–water partition coefficient (Wildman–Crippen LogP) is 2.27. The maximum Gasteiger partial charge on any atom is 0.227 e. The molecule has 2 rings (SSSR count). The van der Waals surface area contributed by atoms with Gasteiger partial charge in [0.2, 0.25) is 5.91 Å². The third-order valence-electron chi connectivity index (χ3n) is 3.16. The molecule has 0 spiro atoms. The van der Waals surface area contributed by atoms with E-state index in [2.05, 4.69) is 5.32 Å². The second-order valence-corrected chi connectivity index (χ2v) is 4.38. The van der Waals surface area contributed by atoms with Crippen molar-refractivity contribution in [2.45, 2.75) is 32.2 Å². The molecule has 86 valence electrons. The normalized spacial score (nSPS) is 16.3. The molecular weight excluding hydrogens is 200 g/mol. The quantitative estimate of drug-likeness (QED) is 0.817. The van der Waals surface area contributed by atoms with Gasteiger partial charge < -0.3 is 11.1 Å². The molecule has 0 saturated heterocycles. The SMILES string of the molecule is NCc1cccc(NC(=O)C2CCCC2)c1. The molecule has 1 saturated carbocycles. The monoisotopic (exact) mass is 218 g/mol. The van der Waals surface area contributed by atoms with Crippen molar-refractivity contribution in [3.05, 3.63) is 29.8 Å². The minimum absolute atomic E-state index is 0.159. The van der Waals surface area contributed by atoms with Crippen LogP contribution in [0.4, 0.5) is 5.69 Å². The van der Waals surface area contributed by atoms with Crippen LogP contribution in [0.5, 0.6) is 0 Å². The number of anilines is 1. The number of rotatable bonds is 3. The van der Waals surface area contributed by atoms with Crippen LogP contribution in [-0.4, -0.2) is 5.91 Å². The fourth-order valence-electron chi connectivity index (χ4n) is 2.21. The van der Waals surface area contributed by atoms with Gasteiger partial charge in [0.25, 0.3) is 0 Å². The zero-order valence-corrected chi connectivity index (χ0v) is 9.41. The molecule has 3 nitrogen and oxygen atoms in total. The summed E-state index contributed by atoms with van der Waals surface area (Å²) < 4.78 is 0. The molecule has 0 heterocycles. The van der Waals surface area contributed by atoms with Crippen molar-refractivity contribution in [2.24, 2.45) is 11.7 Å². The summed E-state index contributed by atoms with van der Waals surface area (Å²) in [5, 5.41) is 2.96. The molecule has 1 fully saturated rings. The van der Waals surface area contributed by atoms with Crippen molar-refractivity contribution in [1.82, 2.24) is 0 Å². The van der Waals surface area contributed by atoms with E-state index in [1.54, 1.807) is 0 Å². The number of carbonyl (C=O) groups is 1. The van der Waals surface area contributed by atoms with E-state index in [0.29, 0.717) is 6.54 Å². The number of hydrogen-bond acceptors (Lipinski definition) is 2. The topological polar surface area (TPSA) is 55.1 Å². The first-order chi connectivity index (χ1) is 7.79. The Labute approximate surface area is 96.0 Å². The fraction of sp³-hybridized carbons (Fsp3) is 0.462. The zero-order chi connectivity index (χ0) is 11.4. The van der Waals surface area contributed by atoms with E-state index in [4.69, 9.17) is 5.73 Å². The van der Waals surface area contributed by atoms with Crippen LogP contribution in [0, 0.1) is 5.92 Å². The van der Waals surface area contributed by atoms with Gasteiger partial charge in [-0.15, -0.1) is 0 Å². The van der Waals surface area contributed by atoms with Gasteiger partial charge in [-0.25, -0.2) is 0 Å². The number of amides is 1. The van der Waals surface area contributed by atoms with E-state index in [0.717, 1.165) is 24.1 Å². The number of benzene rings is 1. The summed E-state index contributed by atoms with van der Waals surface area (Å²) in [4.78, 5) is 11.9. The van der Waals surface area contributed by atoms with Crippen LogP contribution in [0.1, 0.15) is 31.2 Å². The summed E-state index contributed by atoms with van der Waals surface area (Å²) in [7, 11) is 0. The van der Waals surface area contributed by atoms with Crippen LogP contribution in [-0.2, 0) is 11.3 Å². The van der Waals surface area contributed by atoms with Gasteiger partial charge in [0, 0.05) is 18.2 Å². The van der Waals surface area contributed by atoms with Gasteiger partial charge in [-0.3, -0.25) is 4.79 Å².